The second kappa shape index (κ2) is 5.31. The molecule has 0 heterocycles. The van der Waals surface area contributed by atoms with Crippen molar-refractivity contribution in [3.63, 3.8) is 0 Å². The number of nitrogens with zero attached hydrogens (tertiary/aromatic N) is 1. The molecule has 0 amide bonds. The van der Waals surface area contributed by atoms with Crippen LogP contribution in [0.5, 0.6) is 0 Å². The van der Waals surface area contributed by atoms with E-state index in [2.05, 4.69) is 11.1 Å². The van der Waals surface area contributed by atoms with Crippen LogP contribution in [0.2, 0.25) is 0 Å². The average molecular weight is 212 g/mol. The summed E-state index contributed by atoms with van der Waals surface area (Å²) in [4.78, 5) is 4.44. The molecule has 0 aliphatic heterocycles. The van der Waals surface area contributed by atoms with Gasteiger partial charge >= 0.3 is 0 Å². The van der Waals surface area contributed by atoms with Gasteiger partial charge in [0, 0.05) is 6.21 Å². The van der Waals surface area contributed by atoms with Gasteiger partial charge in [0.25, 0.3) is 0 Å². The first-order chi connectivity index (χ1) is 7.88. The summed E-state index contributed by atoms with van der Waals surface area (Å²) >= 11 is 0. The van der Waals surface area contributed by atoms with Crippen molar-refractivity contribution >= 4 is 11.9 Å². The third-order valence-corrected chi connectivity index (χ3v) is 2.65. The van der Waals surface area contributed by atoms with Crippen molar-refractivity contribution in [3.8, 4) is 0 Å². The lowest BCUT2D eigenvalue weighted by molar-refractivity contribution is 0.804. The lowest BCUT2D eigenvalue weighted by Gasteiger charge is -2.10. The molecule has 0 atom stereocenters. The Kier molecular flexibility index (Phi) is 3.54. The van der Waals surface area contributed by atoms with Gasteiger partial charge in [0.2, 0.25) is 0 Å². The van der Waals surface area contributed by atoms with E-state index >= 15 is 0 Å². The van der Waals surface area contributed by atoms with Crippen LogP contribution in [0.4, 0.5) is 5.69 Å². The minimum Gasteiger partial charge on any atom is -0.404 e. The zero-order valence-electron chi connectivity index (χ0n) is 9.26. The average Bonchev–Trinajstić information content (AvgIpc) is 2.38. The summed E-state index contributed by atoms with van der Waals surface area (Å²) in [5.41, 5.74) is 8.98. The Morgan fingerprint density at radius 3 is 2.69 bits per heavy atom. The highest BCUT2D eigenvalue weighted by molar-refractivity contribution is 5.82. The van der Waals surface area contributed by atoms with Crippen LogP contribution in [-0.4, -0.2) is 6.21 Å². The number of benzene rings is 1. The van der Waals surface area contributed by atoms with Crippen LogP contribution in [0.1, 0.15) is 19.3 Å². The Balaban J connectivity index is 2.10. The highest BCUT2D eigenvalue weighted by Gasteiger charge is 2.04. The molecular formula is C14H16N2. The second-order valence-electron chi connectivity index (χ2n) is 3.91. The van der Waals surface area contributed by atoms with Gasteiger partial charge < -0.3 is 5.73 Å². The van der Waals surface area contributed by atoms with Gasteiger partial charge in [-0.2, -0.15) is 0 Å². The van der Waals surface area contributed by atoms with Gasteiger partial charge in [-0.3, -0.25) is 4.99 Å². The summed E-state index contributed by atoms with van der Waals surface area (Å²) in [5, 5.41) is 0. The molecule has 1 aliphatic rings. The number of nitrogens with two attached hydrogens (primary N) is 1. The van der Waals surface area contributed by atoms with Crippen molar-refractivity contribution < 1.29 is 0 Å². The fourth-order valence-corrected chi connectivity index (χ4v) is 1.78. The topological polar surface area (TPSA) is 38.4 Å². The molecule has 2 nitrogen and oxygen atoms in total. The van der Waals surface area contributed by atoms with E-state index in [1.807, 2.05) is 36.5 Å². The molecular weight excluding hydrogens is 196 g/mol. The van der Waals surface area contributed by atoms with Crippen LogP contribution in [-0.2, 0) is 0 Å². The first-order valence-corrected chi connectivity index (χ1v) is 5.59. The third-order valence-electron chi connectivity index (χ3n) is 2.65. The number of aliphatic imine (C=N–C) groups is 1. The van der Waals surface area contributed by atoms with Crippen molar-refractivity contribution in [2.45, 2.75) is 19.3 Å². The maximum absolute atomic E-state index is 5.52. The van der Waals surface area contributed by atoms with Crippen molar-refractivity contribution in [2.75, 3.05) is 0 Å². The van der Waals surface area contributed by atoms with E-state index < -0.39 is 0 Å². The van der Waals surface area contributed by atoms with E-state index in [-0.39, 0.29) is 0 Å². The third kappa shape index (κ3) is 2.83. The predicted octanol–water partition coefficient (Wildman–Crippen LogP) is 3.34. The van der Waals surface area contributed by atoms with Gasteiger partial charge in [0.15, 0.2) is 0 Å². The molecule has 1 aliphatic carbocycles. The van der Waals surface area contributed by atoms with Gasteiger partial charge in [0.05, 0.1) is 5.69 Å². The summed E-state index contributed by atoms with van der Waals surface area (Å²) in [7, 11) is 0. The normalized spacial score (nSPS) is 19.0. The quantitative estimate of drug-likeness (QED) is 0.750. The Morgan fingerprint density at radius 1 is 1.12 bits per heavy atom. The van der Waals surface area contributed by atoms with E-state index in [9.17, 15) is 0 Å². The summed E-state index contributed by atoms with van der Waals surface area (Å²) in [6, 6.07) is 9.98. The Morgan fingerprint density at radius 2 is 1.94 bits per heavy atom. The molecule has 0 fully saturated rings. The molecule has 1 aromatic rings. The molecule has 0 saturated carbocycles. The van der Waals surface area contributed by atoms with E-state index in [0.29, 0.717) is 0 Å². The first kappa shape index (κ1) is 10.7. The van der Waals surface area contributed by atoms with Crippen LogP contribution in [0.3, 0.4) is 0 Å². The molecule has 16 heavy (non-hydrogen) atoms. The highest BCUT2D eigenvalue weighted by atomic mass is 14.7. The van der Waals surface area contributed by atoms with Gasteiger partial charge in [-0.15, -0.1) is 0 Å². The zero-order valence-corrected chi connectivity index (χ0v) is 9.26. The van der Waals surface area contributed by atoms with E-state index in [0.717, 1.165) is 24.9 Å². The number of rotatable bonds is 2. The summed E-state index contributed by atoms with van der Waals surface area (Å²) in [5.74, 6) is 0. The van der Waals surface area contributed by atoms with E-state index in [1.54, 1.807) is 6.20 Å². The molecule has 2 rings (SSSR count). The number of hydrogen-bond donors (Lipinski definition) is 1. The minimum atomic E-state index is 0.993. The molecule has 0 aromatic heterocycles. The second-order valence-corrected chi connectivity index (χ2v) is 3.91. The maximum atomic E-state index is 5.52. The molecule has 2 N–H and O–H groups in total. The van der Waals surface area contributed by atoms with Crippen molar-refractivity contribution in [2.24, 2.45) is 10.7 Å². The van der Waals surface area contributed by atoms with Crippen LogP contribution in [0, 0.1) is 0 Å². The molecule has 0 radical (unpaired) electrons. The van der Waals surface area contributed by atoms with Gasteiger partial charge in [-0.1, -0.05) is 24.3 Å². The van der Waals surface area contributed by atoms with Gasteiger partial charge in [-0.25, -0.2) is 0 Å². The Bertz CT molecular complexity index is 427. The molecule has 1 aromatic carbocycles. The molecule has 0 saturated heterocycles. The van der Waals surface area contributed by atoms with Crippen LogP contribution in [0.15, 0.2) is 58.7 Å². The molecule has 2 heteroatoms. The standard InChI is InChI=1S/C14H16N2/c15-10-12-5-4-6-13(9-12)11-16-14-7-2-1-3-8-14/h1-3,7-11H,4-6,15H2. The van der Waals surface area contributed by atoms with E-state index in [4.69, 9.17) is 5.73 Å². The molecule has 0 spiro atoms. The summed E-state index contributed by atoms with van der Waals surface area (Å²) in [6.07, 6.45) is 9.10. The smallest absolute Gasteiger partial charge is 0.0629 e. The fourth-order valence-electron chi connectivity index (χ4n) is 1.78. The van der Waals surface area contributed by atoms with Gasteiger partial charge in [0.1, 0.15) is 0 Å². The first-order valence-electron chi connectivity index (χ1n) is 5.59. The minimum absolute atomic E-state index is 0.993. The molecule has 0 unspecified atom stereocenters. The Labute approximate surface area is 96.2 Å². The van der Waals surface area contributed by atoms with E-state index in [1.165, 1.54) is 11.1 Å². The number of para-hydroxylation sites is 1. The number of allylic oxidation sites excluding steroid dienone is 3. The molecule has 0 bridgehead atoms. The number of hydrogen-bond acceptors (Lipinski definition) is 2. The monoisotopic (exact) mass is 212 g/mol. The summed E-state index contributed by atoms with van der Waals surface area (Å²) in [6.45, 7) is 0. The highest BCUT2D eigenvalue weighted by Crippen LogP contribution is 2.21. The SMILES string of the molecule is NC=C1C=C(C=Nc2ccccc2)CCC1. The predicted molar refractivity (Wildman–Crippen MR) is 68.8 cm³/mol. The van der Waals surface area contributed by atoms with Gasteiger partial charge in [-0.05, 0) is 48.7 Å². The molecule has 82 valence electrons. The maximum Gasteiger partial charge on any atom is 0.0629 e. The lowest BCUT2D eigenvalue weighted by Crippen LogP contribution is -1.97. The van der Waals surface area contributed by atoms with Crippen molar-refractivity contribution in [1.29, 1.82) is 0 Å². The summed E-state index contributed by atoms with van der Waals surface area (Å²) < 4.78 is 0. The van der Waals surface area contributed by atoms with Crippen LogP contribution in [0.25, 0.3) is 0 Å². The van der Waals surface area contributed by atoms with Crippen molar-refractivity contribution in [3.05, 3.63) is 53.8 Å². The Hall–Kier alpha value is -1.83. The zero-order chi connectivity index (χ0) is 11.2. The largest absolute Gasteiger partial charge is 0.404 e. The van der Waals surface area contributed by atoms with Crippen LogP contribution < -0.4 is 5.73 Å². The fraction of sp³-hybridized carbons (Fsp3) is 0.214. The van der Waals surface area contributed by atoms with Crippen molar-refractivity contribution in [1.82, 2.24) is 0 Å². The lowest BCUT2D eigenvalue weighted by atomic mass is 9.96. The van der Waals surface area contributed by atoms with Crippen LogP contribution >= 0.6 is 0 Å².